The number of rotatable bonds is 5. The topological polar surface area (TPSA) is 69.4 Å². The van der Waals surface area contributed by atoms with Gasteiger partial charge in [0.05, 0.1) is 12.2 Å². The number of carbonyl (C=O) groups excluding carboxylic acids is 2. The summed E-state index contributed by atoms with van der Waals surface area (Å²) >= 11 is 0. The molecule has 4 nitrogen and oxygen atoms in total. The van der Waals surface area contributed by atoms with Gasteiger partial charge in [0.25, 0.3) is 5.91 Å². The van der Waals surface area contributed by atoms with Crippen molar-refractivity contribution in [2.24, 2.45) is 5.73 Å². The molecule has 1 amide bonds. The van der Waals surface area contributed by atoms with Crippen molar-refractivity contribution < 1.29 is 18.7 Å². The monoisotopic (exact) mass is 211 g/mol. The number of halogens is 1. The van der Waals surface area contributed by atoms with E-state index in [9.17, 15) is 14.0 Å². The van der Waals surface area contributed by atoms with Crippen LogP contribution in [0.1, 0.15) is 16.8 Å². The Hall–Kier alpha value is -1.91. The molecule has 0 spiro atoms. The lowest BCUT2D eigenvalue weighted by Crippen LogP contribution is -2.13. The first-order valence-corrected chi connectivity index (χ1v) is 4.31. The Morgan fingerprint density at radius 1 is 1.53 bits per heavy atom. The molecule has 1 rings (SSSR count). The molecule has 0 aliphatic heterocycles. The number of amides is 1. The van der Waals surface area contributed by atoms with Gasteiger partial charge in [-0.3, -0.25) is 4.79 Å². The summed E-state index contributed by atoms with van der Waals surface area (Å²) in [6.07, 6.45) is 0.938. The summed E-state index contributed by atoms with van der Waals surface area (Å²) in [7, 11) is 0. The van der Waals surface area contributed by atoms with E-state index in [0.717, 1.165) is 6.07 Å². The van der Waals surface area contributed by atoms with Gasteiger partial charge in [-0.1, -0.05) is 0 Å². The Bertz CT molecular complexity index is 379. The molecule has 0 aliphatic carbocycles. The van der Waals surface area contributed by atoms with Crippen LogP contribution in [0.3, 0.4) is 0 Å². The number of hydrogen-bond acceptors (Lipinski definition) is 3. The minimum atomic E-state index is -0.827. The normalized spacial score (nSPS) is 9.67. The van der Waals surface area contributed by atoms with E-state index in [1.807, 2.05) is 0 Å². The quantitative estimate of drug-likeness (QED) is 0.581. The van der Waals surface area contributed by atoms with Gasteiger partial charge in [-0.05, 0) is 12.1 Å². The Kier molecular flexibility index (Phi) is 3.79. The molecule has 80 valence electrons. The Balaban J connectivity index is 2.73. The number of hydrogen-bond donors (Lipinski definition) is 1. The second-order valence-electron chi connectivity index (χ2n) is 2.81. The maximum absolute atomic E-state index is 13.2. The van der Waals surface area contributed by atoms with Crippen molar-refractivity contribution in [3.05, 3.63) is 29.6 Å². The average molecular weight is 211 g/mol. The minimum absolute atomic E-state index is 0.179. The van der Waals surface area contributed by atoms with Crippen LogP contribution in [0, 0.1) is 5.82 Å². The molecular formula is C10H10FNO3. The fraction of sp³-hybridized carbons (Fsp3) is 0.200. The Morgan fingerprint density at radius 2 is 2.27 bits per heavy atom. The second-order valence-corrected chi connectivity index (χ2v) is 2.81. The van der Waals surface area contributed by atoms with Crippen molar-refractivity contribution in [2.45, 2.75) is 6.42 Å². The fourth-order valence-electron chi connectivity index (χ4n) is 1.01. The van der Waals surface area contributed by atoms with E-state index in [1.54, 1.807) is 0 Å². The van der Waals surface area contributed by atoms with Crippen LogP contribution in [-0.4, -0.2) is 18.8 Å². The van der Waals surface area contributed by atoms with E-state index < -0.39 is 11.7 Å². The van der Waals surface area contributed by atoms with Gasteiger partial charge in [0, 0.05) is 12.5 Å². The third-order valence-corrected chi connectivity index (χ3v) is 1.71. The maximum atomic E-state index is 13.2. The molecule has 1 aromatic carbocycles. The molecule has 0 aromatic heterocycles. The van der Waals surface area contributed by atoms with Gasteiger partial charge in [0.15, 0.2) is 0 Å². The van der Waals surface area contributed by atoms with Crippen molar-refractivity contribution in [3.63, 3.8) is 0 Å². The molecule has 0 saturated heterocycles. The molecule has 15 heavy (non-hydrogen) atoms. The minimum Gasteiger partial charge on any atom is -0.493 e. The van der Waals surface area contributed by atoms with Gasteiger partial charge in [-0.25, -0.2) is 4.39 Å². The highest BCUT2D eigenvalue weighted by Crippen LogP contribution is 2.16. The molecule has 2 N–H and O–H groups in total. The largest absolute Gasteiger partial charge is 0.493 e. The van der Waals surface area contributed by atoms with Gasteiger partial charge in [-0.15, -0.1) is 0 Å². The maximum Gasteiger partial charge on any atom is 0.251 e. The first-order valence-electron chi connectivity index (χ1n) is 4.31. The summed E-state index contributed by atoms with van der Waals surface area (Å²) in [6, 6.07) is 3.73. The van der Waals surface area contributed by atoms with Gasteiger partial charge >= 0.3 is 0 Å². The predicted octanol–water partition coefficient (Wildman–Crippen LogP) is 0.892. The first kappa shape index (κ1) is 11.2. The third-order valence-electron chi connectivity index (χ3n) is 1.71. The second kappa shape index (κ2) is 5.09. The lowest BCUT2D eigenvalue weighted by Gasteiger charge is -2.05. The highest BCUT2D eigenvalue weighted by Gasteiger charge is 2.08. The van der Waals surface area contributed by atoms with Gasteiger partial charge in [0.1, 0.15) is 17.9 Å². The Labute approximate surface area is 85.8 Å². The zero-order valence-corrected chi connectivity index (χ0v) is 7.90. The summed E-state index contributed by atoms with van der Waals surface area (Å²) in [5.74, 6) is -1.29. The van der Waals surface area contributed by atoms with Crippen LogP contribution < -0.4 is 10.5 Å². The Morgan fingerprint density at radius 3 is 2.80 bits per heavy atom. The van der Waals surface area contributed by atoms with E-state index in [1.165, 1.54) is 12.1 Å². The van der Waals surface area contributed by atoms with Crippen LogP contribution in [0.15, 0.2) is 18.2 Å². The fourth-order valence-corrected chi connectivity index (χ4v) is 1.01. The molecule has 1 aromatic rings. The van der Waals surface area contributed by atoms with E-state index in [4.69, 9.17) is 10.5 Å². The highest BCUT2D eigenvalue weighted by atomic mass is 19.1. The number of primary amides is 1. The lowest BCUT2D eigenvalue weighted by atomic mass is 10.2. The molecule has 0 saturated carbocycles. The van der Waals surface area contributed by atoms with Crippen LogP contribution in [-0.2, 0) is 4.79 Å². The summed E-state index contributed by atoms with van der Waals surface area (Å²) < 4.78 is 18.2. The van der Waals surface area contributed by atoms with Crippen molar-refractivity contribution in [3.8, 4) is 5.75 Å². The summed E-state index contributed by atoms with van der Waals surface area (Å²) in [6.45, 7) is 0.179. The van der Waals surface area contributed by atoms with E-state index >= 15 is 0 Å². The van der Waals surface area contributed by atoms with Gasteiger partial charge in [-0.2, -0.15) is 0 Å². The van der Waals surface area contributed by atoms with Crippen LogP contribution in [0.2, 0.25) is 0 Å². The van der Waals surface area contributed by atoms with Crippen LogP contribution in [0.25, 0.3) is 0 Å². The predicted molar refractivity (Wildman–Crippen MR) is 51.1 cm³/mol. The number of nitrogens with two attached hydrogens (primary N) is 1. The smallest absolute Gasteiger partial charge is 0.251 e. The lowest BCUT2D eigenvalue weighted by molar-refractivity contribution is -0.108. The van der Waals surface area contributed by atoms with Crippen molar-refractivity contribution in [1.29, 1.82) is 0 Å². The van der Waals surface area contributed by atoms with Crippen LogP contribution in [0.4, 0.5) is 4.39 Å². The highest BCUT2D eigenvalue weighted by molar-refractivity contribution is 5.93. The average Bonchev–Trinajstić information content (AvgIpc) is 2.17. The number of carbonyl (C=O) groups is 2. The van der Waals surface area contributed by atoms with Gasteiger partial charge in [0.2, 0.25) is 0 Å². The van der Waals surface area contributed by atoms with Gasteiger partial charge < -0.3 is 15.3 Å². The van der Waals surface area contributed by atoms with Crippen molar-refractivity contribution in [1.82, 2.24) is 0 Å². The molecule has 0 unspecified atom stereocenters. The van der Waals surface area contributed by atoms with Crippen LogP contribution in [0.5, 0.6) is 5.75 Å². The molecule has 5 heteroatoms. The summed E-state index contributed by atoms with van der Waals surface area (Å²) in [5.41, 5.74) is 4.74. The summed E-state index contributed by atoms with van der Waals surface area (Å²) in [5, 5.41) is 0. The molecular weight excluding hydrogens is 201 g/mol. The number of ether oxygens (including phenoxy) is 1. The summed E-state index contributed by atoms with van der Waals surface area (Å²) in [4.78, 5) is 20.7. The first-order chi connectivity index (χ1) is 7.15. The zero-order chi connectivity index (χ0) is 11.3. The molecule has 0 bridgehead atoms. The molecule has 0 heterocycles. The number of benzene rings is 1. The third kappa shape index (κ3) is 3.05. The standard InChI is InChI=1S/C10H10FNO3/c11-9-6-7(15-5-1-4-13)2-3-8(9)10(12)14/h2-4,6H,1,5H2,(H2,12,14). The molecule has 0 atom stereocenters. The van der Waals surface area contributed by atoms with E-state index in [0.29, 0.717) is 6.29 Å². The van der Waals surface area contributed by atoms with E-state index in [2.05, 4.69) is 0 Å². The van der Waals surface area contributed by atoms with Crippen molar-refractivity contribution >= 4 is 12.2 Å². The zero-order valence-electron chi connectivity index (χ0n) is 7.90. The van der Waals surface area contributed by atoms with E-state index in [-0.39, 0.29) is 24.3 Å². The van der Waals surface area contributed by atoms with Crippen molar-refractivity contribution in [2.75, 3.05) is 6.61 Å². The molecule has 0 radical (unpaired) electrons. The SMILES string of the molecule is NC(=O)c1ccc(OCCC=O)cc1F. The number of aldehydes is 1. The van der Waals surface area contributed by atoms with Crippen LogP contribution >= 0.6 is 0 Å². The molecule has 0 fully saturated rings. The molecule has 0 aliphatic rings.